The van der Waals surface area contributed by atoms with E-state index in [9.17, 15) is 4.79 Å². The zero-order valence-corrected chi connectivity index (χ0v) is 11.6. The summed E-state index contributed by atoms with van der Waals surface area (Å²) in [7, 11) is 0. The van der Waals surface area contributed by atoms with Gasteiger partial charge in [-0.1, -0.05) is 13.8 Å². The molecule has 0 amide bonds. The number of carbonyl (C=O) groups is 1. The minimum Gasteiger partial charge on any atom is -0.383 e. The highest BCUT2D eigenvalue weighted by Crippen LogP contribution is 2.27. The number of carbonyl (C=O) groups excluding carboxylic acids is 1. The minimum atomic E-state index is -0.779. The van der Waals surface area contributed by atoms with Gasteiger partial charge in [0.15, 0.2) is 5.78 Å². The monoisotopic (exact) mass is 250 g/mol. The third-order valence-electron chi connectivity index (χ3n) is 3.28. The van der Waals surface area contributed by atoms with Crippen molar-refractivity contribution in [2.45, 2.75) is 46.1 Å². The summed E-state index contributed by atoms with van der Waals surface area (Å²) in [6.45, 7) is 8.20. The SMILES string of the molecule is CCOC(CC)(CC)C(=O)c1cc(C)cnc1N. The van der Waals surface area contributed by atoms with Crippen LogP contribution in [0, 0.1) is 6.92 Å². The second-order valence-corrected chi connectivity index (χ2v) is 4.41. The molecular weight excluding hydrogens is 228 g/mol. The summed E-state index contributed by atoms with van der Waals surface area (Å²) in [5.74, 6) is 0.208. The number of nitrogens with zero attached hydrogens (tertiary/aromatic N) is 1. The van der Waals surface area contributed by atoms with Crippen molar-refractivity contribution in [1.29, 1.82) is 0 Å². The molecule has 18 heavy (non-hydrogen) atoms. The van der Waals surface area contributed by atoms with Crippen LogP contribution in [0.1, 0.15) is 49.5 Å². The van der Waals surface area contributed by atoms with Crippen LogP contribution >= 0.6 is 0 Å². The van der Waals surface area contributed by atoms with Crippen molar-refractivity contribution < 1.29 is 9.53 Å². The molecule has 4 nitrogen and oxygen atoms in total. The fraction of sp³-hybridized carbons (Fsp3) is 0.571. The molecule has 0 aliphatic rings. The molecule has 0 fully saturated rings. The van der Waals surface area contributed by atoms with E-state index in [1.54, 1.807) is 12.3 Å². The van der Waals surface area contributed by atoms with Gasteiger partial charge in [0.25, 0.3) is 0 Å². The molecule has 0 unspecified atom stereocenters. The normalized spacial score (nSPS) is 11.6. The van der Waals surface area contributed by atoms with Gasteiger partial charge >= 0.3 is 0 Å². The molecule has 2 N–H and O–H groups in total. The van der Waals surface area contributed by atoms with Crippen LogP contribution in [0.2, 0.25) is 0 Å². The molecule has 100 valence electrons. The number of hydrogen-bond acceptors (Lipinski definition) is 4. The lowest BCUT2D eigenvalue weighted by molar-refractivity contribution is -0.0250. The number of anilines is 1. The number of nitrogens with two attached hydrogens (primary N) is 1. The lowest BCUT2D eigenvalue weighted by Crippen LogP contribution is -2.41. The van der Waals surface area contributed by atoms with E-state index in [2.05, 4.69) is 4.98 Å². The number of aromatic nitrogens is 1. The molecule has 1 aromatic heterocycles. The van der Waals surface area contributed by atoms with Gasteiger partial charge in [0, 0.05) is 12.8 Å². The predicted octanol–water partition coefficient (Wildman–Crippen LogP) is 2.75. The maximum Gasteiger partial charge on any atom is 0.198 e. The molecule has 4 heteroatoms. The first kappa shape index (κ1) is 14.6. The molecule has 1 aromatic rings. The van der Waals surface area contributed by atoms with Gasteiger partial charge in [-0.05, 0) is 38.3 Å². The minimum absolute atomic E-state index is 0.0666. The van der Waals surface area contributed by atoms with Crippen LogP contribution in [0.5, 0.6) is 0 Å². The number of Topliss-reactive ketones (excluding diaryl/α,β-unsaturated/α-hetero) is 1. The molecule has 0 atom stereocenters. The molecule has 0 aromatic carbocycles. The molecule has 0 aliphatic carbocycles. The Balaban J connectivity index is 3.21. The third kappa shape index (κ3) is 2.70. The Morgan fingerprint density at radius 1 is 1.39 bits per heavy atom. The predicted molar refractivity (Wildman–Crippen MR) is 72.7 cm³/mol. The number of nitrogen functional groups attached to an aromatic ring is 1. The first-order valence-electron chi connectivity index (χ1n) is 6.41. The summed E-state index contributed by atoms with van der Waals surface area (Å²) < 4.78 is 5.71. The Morgan fingerprint density at radius 3 is 2.50 bits per heavy atom. The van der Waals surface area contributed by atoms with E-state index < -0.39 is 5.60 Å². The Bertz CT molecular complexity index is 426. The van der Waals surface area contributed by atoms with Gasteiger partial charge in [-0.2, -0.15) is 0 Å². The molecule has 0 aliphatic heterocycles. The first-order valence-corrected chi connectivity index (χ1v) is 6.41. The molecule has 0 bridgehead atoms. The standard InChI is InChI=1S/C14H22N2O2/c1-5-14(6-2,18-7-3)12(17)11-8-10(4)9-16-13(11)15/h8-9H,5-7H2,1-4H3,(H2,15,16). The van der Waals surface area contributed by atoms with Gasteiger partial charge in [-0.15, -0.1) is 0 Å². The fourth-order valence-electron chi connectivity index (χ4n) is 2.12. The van der Waals surface area contributed by atoms with Crippen LogP contribution in [-0.4, -0.2) is 23.0 Å². The van der Waals surface area contributed by atoms with Crippen molar-refractivity contribution in [2.75, 3.05) is 12.3 Å². The number of ketones is 1. The van der Waals surface area contributed by atoms with E-state index >= 15 is 0 Å². The van der Waals surface area contributed by atoms with Crippen LogP contribution in [0.3, 0.4) is 0 Å². The van der Waals surface area contributed by atoms with Gasteiger partial charge < -0.3 is 10.5 Å². The van der Waals surface area contributed by atoms with E-state index in [1.165, 1.54) is 0 Å². The molecule has 0 radical (unpaired) electrons. The van der Waals surface area contributed by atoms with Crippen LogP contribution in [0.15, 0.2) is 12.3 Å². The van der Waals surface area contributed by atoms with Crippen molar-refractivity contribution in [3.63, 3.8) is 0 Å². The Hall–Kier alpha value is -1.42. The molecule has 0 spiro atoms. The average Bonchev–Trinajstić information content (AvgIpc) is 2.38. The summed E-state index contributed by atoms with van der Waals surface area (Å²) >= 11 is 0. The van der Waals surface area contributed by atoms with Gasteiger partial charge in [-0.3, -0.25) is 4.79 Å². The fourth-order valence-corrected chi connectivity index (χ4v) is 2.12. The third-order valence-corrected chi connectivity index (χ3v) is 3.28. The number of aryl methyl sites for hydroxylation is 1. The lowest BCUT2D eigenvalue weighted by Gasteiger charge is -2.30. The highest BCUT2D eigenvalue weighted by molar-refractivity contribution is 6.05. The van der Waals surface area contributed by atoms with Crippen molar-refractivity contribution in [3.8, 4) is 0 Å². The Kier molecular flexibility index (Phi) is 4.84. The summed E-state index contributed by atoms with van der Waals surface area (Å²) in [6.07, 6.45) is 2.92. The lowest BCUT2D eigenvalue weighted by atomic mass is 9.87. The molecule has 1 rings (SSSR count). The summed E-state index contributed by atoms with van der Waals surface area (Å²) in [5, 5.41) is 0. The van der Waals surface area contributed by atoms with Gasteiger partial charge in [-0.25, -0.2) is 4.98 Å². The summed E-state index contributed by atoms with van der Waals surface area (Å²) in [6, 6.07) is 1.78. The van der Waals surface area contributed by atoms with Crippen LogP contribution in [0.25, 0.3) is 0 Å². The van der Waals surface area contributed by atoms with Gasteiger partial charge in [0.05, 0.1) is 5.56 Å². The number of ether oxygens (including phenoxy) is 1. The smallest absolute Gasteiger partial charge is 0.198 e. The highest BCUT2D eigenvalue weighted by Gasteiger charge is 2.37. The maximum atomic E-state index is 12.6. The van der Waals surface area contributed by atoms with Gasteiger partial charge in [0.1, 0.15) is 11.4 Å². The van der Waals surface area contributed by atoms with E-state index in [1.807, 2.05) is 27.7 Å². The zero-order chi connectivity index (χ0) is 13.8. The molecule has 0 saturated carbocycles. The van der Waals surface area contributed by atoms with Crippen molar-refractivity contribution in [1.82, 2.24) is 4.98 Å². The highest BCUT2D eigenvalue weighted by atomic mass is 16.5. The number of rotatable bonds is 6. The van der Waals surface area contributed by atoms with Crippen molar-refractivity contribution >= 4 is 11.6 Å². The average molecular weight is 250 g/mol. The quantitative estimate of drug-likeness (QED) is 0.788. The summed E-state index contributed by atoms with van der Waals surface area (Å²) in [5.41, 5.74) is 6.41. The number of pyridine rings is 1. The number of hydrogen-bond donors (Lipinski definition) is 1. The van der Waals surface area contributed by atoms with Crippen molar-refractivity contribution in [3.05, 3.63) is 23.4 Å². The summed E-state index contributed by atoms with van der Waals surface area (Å²) in [4.78, 5) is 16.7. The van der Waals surface area contributed by atoms with Crippen LogP contribution in [0.4, 0.5) is 5.82 Å². The largest absolute Gasteiger partial charge is 0.383 e. The maximum absolute atomic E-state index is 12.6. The Labute approximate surface area is 109 Å². The second kappa shape index (κ2) is 5.96. The van der Waals surface area contributed by atoms with Crippen molar-refractivity contribution in [2.24, 2.45) is 0 Å². The van der Waals surface area contributed by atoms with E-state index in [0.29, 0.717) is 25.0 Å². The topological polar surface area (TPSA) is 65.2 Å². The van der Waals surface area contributed by atoms with Crippen LogP contribution < -0.4 is 5.73 Å². The van der Waals surface area contributed by atoms with E-state index in [4.69, 9.17) is 10.5 Å². The molecular formula is C14H22N2O2. The van der Waals surface area contributed by atoms with E-state index in [-0.39, 0.29) is 11.6 Å². The van der Waals surface area contributed by atoms with Gasteiger partial charge in [0.2, 0.25) is 0 Å². The van der Waals surface area contributed by atoms with Crippen LogP contribution in [-0.2, 0) is 4.74 Å². The van der Waals surface area contributed by atoms with E-state index in [0.717, 1.165) is 5.56 Å². The first-order chi connectivity index (χ1) is 8.50. The molecule has 0 saturated heterocycles. The second-order valence-electron chi connectivity index (χ2n) is 4.41. The zero-order valence-electron chi connectivity index (χ0n) is 11.6. The molecule has 1 heterocycles. The Morgan fingerprint density at radius 2 is 2.00 bits per heavy atom.